The zero-order chi connectivity index (χ0) is 14.6. The van der Waals surface area contributed by atoms with Crippen LogP contribution in [-0.2, 0) is 9.53 Å². The molecule has 1 fully saturated rings. The number of hydrogen-bond acceptors (Lipinski definition) is 3. The number of ether oxygens (including phenoxy) is 1. The van der Waals surface area contributed by atoms with E-state index in [1.807, 2.05) is 0 Å². The van der Waals surface area contributed by atoms with Gasteiger partial charge in [0.1, 0.15) is 6.54 Å². The molecule has 0 aromatic carbocycles. The summed E-state index contributed by atoms with van der Waals surface area (Å²) in [6.45, 7) is 0.579. The molecule has 1 aliphatic carbocycles. The summed E-state index contributed by atoms with van der Waals surface area (Å²) in [5, 5.41) is 0. The molecule has 0 aliphatic heterocycles. The lowest BCUT2D eigenvalue weighted by Crippen LogP contribution is -2.47. The van der Waals surface area contributed by atoms with Gasteiger partial charge in [-0.2, -0.15) is 13.2 Å². The van der Waals surface area contributed by atoms with Crippen LogP contribution in [0.15, 0.2) is 0 Å². The first-order valence-electron chi connectivity index (χ1n) is 6.37. The normalized spacial score (nSPS) is 19.1. The van der Waals surface area contributed by atoms with Gasteiger partial charge in [-0.15, -0.1) is 0 Å². The van der Waals surface area contributed by atoms with E-state index >= 15 is 0 Å². The Morgan fingerprint density at radius 3 is 2.42 bits per heavy atom. The number of nitrogens with two attached hydrogens (primary N) is 1. The smallest absolute Gasteiger partial charge is 0.380 e. The van der Waals surface area contributed by atoms with E-state index < -0.39 is 24.7 Å². The average Bonchev–Trinajstić information content (AvgIpc) is 3.14. The van der Waals surface area contributed by atoms with E-state index in [1.54, 1.807) is 6.92 Å². The molecule has 112 valence electrons. The molecule has 0 spiro atoms. The van der Waals surface area contributed by atoms with E-state index in [-0.39, 0.29) is 24.9 Å². The summed E-state index contributed by atoms with van der Waals surface area (Å²) >= 11 is 0. The summed E-state index contributed by atoms with van der Waals surface area (Å²) < 4.78 is 42.6. The van der Waals surface area contributed by atoms with Gasteiger partial charge in [0.2, 0.25) is 5.91 Å². The molecule has 0 radical (unpaired) electrons. The van der Waals surface area contributed by atoms with Gasteiger partial charge in [0.05, 0.1) is 12.5 Å². The molecule has 2 atom stereocenters. The number of nitrogens with zero attached hydrogens (tertiary/aromatic N) is 1. The molecular formula is C12H21F3N2O2. The number of methoxy groups -OCH3 is 1. The molecule has 0 heterocycles. The van der Waals surface area contributed by atoms with Crippen LogP contribution in [0.5, 0.6) is 0 Å². The van der Waals surface area contributed by atoms with Crippen LogP contribution in [0.1, 0.15) is 26.2 Å². The monoisotopic (exact) mass is 282 g/mol. The van der Waals surface area contributed by atoms with Crippen molar-refractivity contribution in [3.63, 3.8) is 0 Å². The van der Waals surface area contributed by atoms with Crippen LogP contribution in [-0.4, -0.2) is 49.3 Å². The minimum atomic E-state index is -4.38. The van der Waals surface area contributed by atoms with Crippen LogP contribution in [0.2, 0.25) is 0 Å². The van der Waals surface area contributed by atoms with Crippen LogP contribution in [0.25, 0.3) is 0 Å². The van der Waals surface area contributed by atoms with Crippen LogP contribution in [0.4, 0.5) is 13.2 Å². The van der Waals surface area contributed by atoms with E-state index in [0.29, 0.717) is 0 Å². The molecule has 0 bridgehead atoms. The maximum atomic E-state index is 12.6. The topological polar surface area (TPSA) is 55.6 Å². The summed E-state index contributed by atoms with van der Waals surface area (Å²) in [5.74, 6) is -0.362. The first-order valence-corrected chi connectivity index (χ1v) is 6.37. The van der Waals surface area contributed by atoms with Gasteiger partial charge in [-0.3, -0.25) is 4.79 Å². The Morgan fingerprint density at radius 2 is 2.05 bits per heavy atom. The van der Waals surface area contributed by atoms with Gasteiger partial charge in [0.25, 0.3) is 0 Å². The molecule has 4 nitrogen and oxygen atoms in total. The van der Waals surface area contributed by atoms with Crippen LogP contribution in [0.3, 0.4) is 0 Å². The number of hydrogen-bond donors (Lipinski definition) is 1. The van der Waals surface area contributed by atoms with E-state index in [2.05, 4.69) is 0 Å². The van der Waals surface area contributed by atoms with Crippen molar-refractivity contribution in [3.05, 3.63) is 0 Å². The molecule has 1 rings (SSSR count). The second-order valence-electron chi connectivity index (χ2n) is 5.01. The highest BCUT2D eigenvalue weighted by molar-refractivity contribution is 5.77. The molecule has 1 saturated carbocycles. The fraction of sp³-hybridized carbons (Fsp3) is 0.917. The third-order valence-corrected chi connectivity index (χ3v) is 3.46. The molecule has 19 heavy (non-hydrogen) atoms. The maximum Gasteiger partial charge on any atom is 0.406 e. The third-order valence-electron chi connectivity index (χ3n) is 3.46. The lowest BCUT2D eigenvalue weighted by atomic mass is 10.1. The van der Waals surface area contributed by atoms with Gasteiger partial charge in [-0.05, 0) is 25.7 Å². The highest BCUT2D eigenvalue weighted by atomic mass is 19.4. The number of alkyl halides is 3. The summed E-state index contributed by atoms with van der Waals surface area (Å²) in [5.41, 5.74) is 5.39. The maximum absolute atomic E-state index is 12.6. The minimum Gasteiger partial charge on any atom is -0.380 e. The lowest BCUT2D eigenvalue weighted by Gasteiger charge is -2.31. The summed E-state index contributed by atoms with van der Waals surface area (Å²) in [7, 11) is 1.39. The largest absolute Gasteiger partial charge is 0.406 e. The van der Waals surface area contributed by atoms with Crippen LogP contribution < -0.4 is 5.73 Å². The molecule has 1 aliphatic rings. The van der Waals surface area contributed by atoms with E-state index in [1.165, 1.54) is 7.11 Å². The van der Waals surface area contributed by atoms with Crippen LogP contribution in [0, 0.1) is 5.92 Å². The standard InChI is InChI=1S/C12H21F3N2O2/c1-8(9-3-4-9)17(7-12(13,14)15)11(18)5-10(6-16)19-2/h8-10H,3-7,16H2,1-2H3. The summed E-state index contributed by atoms with van der Waals surface area (Å²) in [6, 6.07) is -0.385. The minimum absolute atomic E-state index is 0.111. The van der Waals surface area contributed by atoms with E-state index in [9.17, 15) is 18.0 Å². The number of carbonyl (C=O) groups excluding carboxylic acids is 1. The number of rotatable bonds is 7. The van der Waals surface area contributed by atoms with E-state index in [4.69, 9.17) is 10.5 Å². The van der Waals surface area contributed by atoms with Gasteiger partial charge in [0.15, 0.2) is 0 Å². The Labute approximate surface area is 111 Å². The zero-order valence-electron chi connectivity index (χ0n) is 11.2. The van der Waals surface area contributed by atoms with Crippen molar-refractivity contribution in [3.8, 4) is 0 Å². The average molecular weight is 282 g/mol. The molecule has 2 unspecified atom stereocenters. The Hall–Kier alpha value is -0.820. The molecule has 1 amide bonds. The molecule has 2 N–H and O–H groups in total. The van der Waals surface area contributed by atoms with Gasteiger partial charge >= 0.3 is 6.18 Å². The van der Waals surface area contributed by atoms with Gasteiger partial charge in [-0.25, -0.2) is 0 Å². The van der Waals surface area contributed by atoms with Crippen molar-refractivity contribution in [2.24, 2.45) is 11.7 Å². The fourth-order valence-electron chi connectivity index (χ4n) is 2.06. The van der Waals surface area contributed by atoms with Crippen molar-refractivity contribution in [1.29, 1.82) is 0 Å². The van der Waals surface area contributed by atoms with Crippen molar-refractivity contribution in [1.82, 2.24) is 4.90 Å². The predicted molar refractivity (Wildman–Crippen MR) is 64.4 cm³/mol. The summed E-state index contributed by atoms with van der Waals surface area (Å²) in [6.07, 6.45) is -3.26. The number of amides is 1. The summed E-state index contributed by atoms with van der Waals surface area (Å²) in [4.78, 5) is 12.9. The molecule has 7 heteroatoms. The first kappa shape index (κ1) is 16.2. The first-order chi connectivity index (χ1) is 8.78. The van der Waals surface area contributed by atoms with Gasteiger partial charge in [-0.1, -0.05) is 0 Å². The van der Waals surface area contributed by atoms with E-state index in [0.717, 1.165) is 17.7 Å². The molecule has 0 aromatic rings. The van der Waals surface area contributed by atoms with Crippen molar-refractivity contribution < 1.29 is 22.7 Å². The lowest BCUT2D eigenvalue weighted by molar-refractivity contribution is -0.167. The number of carbonyl (C=O) groups is 1. The molecule has 0 saturated heterocycles. The second kappa shape index (κ2) is 6.56. The Kier molecular flexibility index (Phi) is 5.61. The predicted octanol–water partition coefficient (Wildman–Crippen LogP) is 1.54. The Balaban J connectivity index is 2.68. The fourth-order valence-corrected chi connectivity index (χ4v) is 2.06. The molecule has 0 aromatic heterocycles. The van der Waals surface area contributed by atoms with Crippen molar-refractivity contribution >= 4 is 5.91 Å². The van der Waals surface area contributed by atoms with Crippen LogP contribution >= 0.6 is 0 Å². The molecular weight excluding hydrogens is 261 g/mol. The SMILES string of the molecule is COC(CN)CC(=O)N(CC(F)(F)F)C(C)C1CC1. The Bertz CT molecular complexity index is 302. The Morgan fingerprint density at radius 1 is 1.47 bits per heavy atom. The quantitative estimate of drug-likeness (QED) is 0.770. The van der Waals surface area contributed by atoms with Crippen molar-refractivity contribution in [2.75, 3.05) is 20.2 Å². The number of halogens is 3. The van der Waals surface area contributed by atoms with Crippen molar-refractivity contribution in [2.45, 2.75) is 44.5 Å². The highest BCUT2D eigenvalue weighted by Gasteiger charge is 2.40. The van der Waals surface area contributed by atoms with Gasteiger partial charge < -0.3 is 15.4 Å². The highest BCUT2D eigenvalue weighted by Crippen LogP contribution is 2.36. The second-order valence-corrected chi connectivity index (χ2v) is 5.01. The third kappa shape index (κ3) is 5.36. The zero-order valence-corrected chi connectivity index (χ0v) is 11.2. The van der Waals surface area contributed by atoms with Gasteiger partial charge in [0, 0.05) is 19.7 Å².